The number of hydrogen-bond donors (Lipinski definition) is 3. The number of benzene rings is 1. The smallest absolute Gasteiger partial charge is 0.444 e. The molecule has 11 heteroatoms. The summed E-state index contributed by atoms with van der Waals surface area (Å²) >= 11 is 0. The molecule has 1 unspecified atom stereocenters. The quantitative estimate of drug-likeness (QED) is 0.291. The Morgan fingerprint density at radius 3 is 2.31 bits per heavy atom. The molecule has 0 saturated heterocycles. The number of anilines is 1. The SMILES string of the molecule is CC(C)(C)OC(=O)NC(CN=C(N)Nc1ccc(OC(F)(F)F)cc1)C1CC1.I. The van der Waals surface area contributed by atoms with Crippen molar-refractivity contribution in [1.82, 2.24) is 5.32 Å². The van der Waals surface area contributed by atoms with Crippen LogP contribution in [-0.4, -0.2) is 36.6 Å². The number of alkyl carbamates (subject to hydrolysis) is 1. The number of alkyl halides is 3. The Bertz CT molecular complexity index is 702. The second-order valence-electron chi connectivity index (χ2n) is 7.51. The van der Waals surface area contributed by atoms with E-state index in [9.17, 15) is 18.0 Å². The van der Waals surface area contributed by atoms with Crippen molar-refractivity contribution in [2.24, 2.45) is 16.6 Å². The Morgan fingerprint density at radius 1 is 1.24 bits per heavy atom. The minimum Gasteiger partial charge on any atom is -0.444 e. The minimum absolute atomic E-state index is 0. The van der Waals surface area contributed by atoms with Crippen molar-refractivity contribution in [3.05, 3.63) is 24.3 Å². The molecule has 4 N–H and O–H groups in total. The zero-order chi connectivity index (χ0) is 20.9. The van der Waals surface area contributed by atoms with E-state index in [-0.39, 0.29) is 48.3 Å². The summed E-state index contributed by atoms with van der Waals surface area (Å²) in [6.07, 6.45) is -3.27. The predicted molar refractivity (Wildman–Crippen MR) is 115 cm³/mol. The van der Waals surface area contributed by atoms with E-state index in [2.05, 4.69) is 20.4 Å². The summed E-state index contributed by atoms with van der Waals surface area (Å²) in [6, 6.07) is 4.92. The Hall–Kier alpha value is -1.92. The van der Waals surface area contributed by atoms with Crippen molar-refractivity contribution in [3.63, 3.8) is 0 Å². The number of amides is 1. The van der Waals surface area contributed by atoms with Gasteiger partial charge in [-0.2, -0.15) is 0 Å². The number of nitrogens with one attached hydrogen (secondary N) is 2. The summed E-state index contributed by atoms with van der Waals surface area (Å²) in [5, 5.41) is 5.59. The first-order chi connectivity index (χ1) is 12.9. The molecule has 1 atom stereocenters. The van der Waals surface area contributed by atoms with Gasteiger partial charge in [-0.05, 0) is 63.8 Å². The molecule has 0 aliphatic heterocycles. The molecule has 1 aromatic carbocycles. The highest BCUT2D eigenvalue weighted by atomic mass is 127. The van der Waals surface area contributed by atoms with Crippen LogP contribution in [0.3, 0.4) is 0 Å². The monoisotopic (exact) mass is 530 g/mol. The van der Waals surface area contributed by atoms with Crippen LogP contribution in [0.25, 0.3) is 0 Å². The number of nitrogens with zero attached hydrogens (tertiary/aromatic N) is 1. The molecule has 1 saturated carbocycles. The summed E-state index contributed by atoms with van der Waals surface area (Å²) in [6.45, 7) is 5.61. The lowest BCUT2D eigenvalue weighted by Crippen LogP contribution is -2.42. The maximum atomic E-state index is 12.2. The topological polar surface area (TPSA) is 98.0 Å². The lowest BCUT2D eigenvalue weighted by molar-refractivity contribution is -0.274. The Kier molecular flexibility index (Phi) is 8.84. The van der Waals surface area contributed by atoms with Crippen LogP contribution in [-0.2, 0) is 4.74 Å². The number of ether oxygens (including phenoxy) is 2. The van der Waals surface area contributed by atoms with Gasteiger partial charge in [0.25, 0.3) is 0 Å². The number of carbonyl (C=O) groups excluding carboxylic acids is 1. The van der Waals surface area contributed by atoms with E-state index in [0.29, 0.717) is 11.6 Å². The summed E-state index contributed by atoms with van der Waals surface area (Å²) in [5.41, 5.74) is 5.69. The Labute approximate surface area is 184 Å². The summed E-state index contributed by atoms with van der Waals surface area (Å²) in [5.74, 6) is 0.0768. The van der Waals surface area contributed by atoms with E-state index in [0.717, 1.165) is 12.8 Å². The number of guanidine groups is 1. The molecular weight excluding hydrogens is 504 g/mol. The van der Waals surface area contributed by atoms with Gasteiger partial charge in [0, 0.05) is 5.69 Å². The van der Waals surface area contributed by atoms with Crippen molar-refractivity contribution in [2.45, 2.75) is 51.6 Å². The third-order valence-corrected chi connectivity index (χ3v) is 3.71. The highest BCUT2D eigenvalue weighted by Gasteiger charge is 2.33. The van der Waals surface area contributed by atoms with Crippen molar-refractivity contribution in [1.29, 1.82) is 0 Å². The normalized spacial score (nSPS) is 15.7. The predicted octanol–water partition coefficient (Wildman–Crippen LogP) is 4.23. The number of hydrogen-bond acceptors (Lipinski definition) is 4. The molecule has 0 radical (unpaired) electrons. The van der Waals surface area contributed by atoms with Gasteiger partial charge in [-0.15, -0.1) is 37.1 Å². The number of aliphatic imine (C=N–C) groups is 1. The lowest BCUT2D eigenvalue weighted by atomic mass is 10.2. The van der Waals surface area contributed by atoms with Crippen LogP contribution in [0, 0.1) is 5.92 Å². The summed E-state index contributed by atoms with van der Waals surface area (Å²) in [4.78, 5) is 16.2. The standard InChI is InChI=1S/C18H25F3N4O3.HI/c1-17(2,3)28-16(26)25-14(11-4-5-11)10-23-15(22)24-12-6-8-13(9-7-12)27-18(19,20)21;/h6-9,11,14H,4-5,10H2,1-3H3,(H,25,26)(H3,22,23,24);1H. The van der Waals surface area contributed by atoms with Crippen LogP contribution in [0.15, 0.2) is 29.3 Å². The first-order valence-corrected chi connectivity index (χ1v) is 8.83. The molecule has 0 aromatic heterocycles. The molecule has 29 heavy (non-hydrogen) atoms. The Balaban J connectivity index is 0.00000420. The van der Waals surface area contributed by atoms with Gasteiger partial charge >= 0.3 is 12.5 Å². The van der Waals surface area contributed by atoms with E-state index >= 15 is 0 Å². The van der Waals surface area contributed by atoms with E-state index in [1.165, 1.54) is 24.3 Å². The van der Waals surface area contributed by atoms with E-state index < -0.39 is 18.1 Å². The van der Waals surface area contributed by atoms with E-state index in [4.69, 9.17) is 10.5 Å². The molecular formula is C18H26F3IN4O3. The van der Waals surface area contributed by atoms with Crippen LogP contribution < -0.4 is 21.1 Å². The number of carbonyl (C=O) groups is 1. The van der Waals surface area contributed by atoms with Gasteiger partial charge < -0.3 is 25.8 Å². The highest BCUT2D eigenvalue weighted by Crippen LogP contribution is 2.33. The fourth-order valence-electron chi connectivity index (χ4n) is 2.39. The average molecular weight is 530 g/mol. The van der Waals surface area contributed by atoms with Crippen LogP contribution in [0.5, 0.6) is 5.75 Å². The number of nitrogens with two attached hydrogens (primary N) is 1. The molecule has 1 aliphatic rings. The van der Waals surface area contributed by atoms with Gasteiger partial charge in [0.15, 0.2) is 5.96 Å². The molecule has 2 rings (SSSR count). The fraction of sp³-hybridized carbons (Fsp3) is 0.556. The fourth-order valence-corrected chi connectivity index (χ4v) is 2.39. The first-order valence-electron chi connectivity index (χ1n) is 8.83. The molecule has 1 amide bonds. The van der Waals surface area contributed by atoms with Crippen molar-refractivity contribution in [2.75, 3.05) is 11.9 Å². The van der Waals surface area contributed by atoms with Gasteiger partial charge in [-0.1, -0.05) is 0 Å². The Morgan fingerprint density at radius 2 is 1.83 bits per heavy atom. The molecule has 1 aromatic rings. The number of rotatable bonds is 6. The van der Waals surface area contributed by atoms with Gasteiger partial charge in [-0.3, -0.25) is 4.99 Å². The lowest BCUT2D eigenvalue weighted by Gasteiger charge is -2.23. The molecule has 1 aliphatic carbocycles. The molecule has 164 valence electrons. The second-order valence-corrected chi connectivity index (χ2v) is 7.51. The molecule has 1 fully saturated rings. The van der Waals surface area contributed by atoms with Crippen LogP contribution >= 0.6 is 24.0 Å². The van der Waals surface area contributed by atoms with Crippen LogP contribution in [0.4, 0.5) is 23.7 Å². The second kappa shape index (κ2) is 10.2. The largest absolute Gasteiger partial charge is 0.573 e. The van der Waals surface area contributed by atoms with Gasteiger partial charge in [0.2, 0.25) is 0 Å². The minimum atomic E-state index is -4.74. The van der Waals surface area contributed by atoms with Crippen LogP contribution in [0.1, 0.15) is 33.6 Å². The summed E-state index contributed by atoms with van der Waals surface area (Å²) < 4.78 is 45.6. The van der Waals surface area contributed by atoms with Gasteiger partial charge in [0.1, 0.15) is 11.4 Å². The van der Waals surface area contributed by atoms with Crippen molar-refractivity contribution >= 4 is 41.7 Å². The van der Waals surface area contributed by atoms with E-state index in [1.54, 1.807) is 20.8 Å². The zero-order valence-corrected chi connectivity index (χ0v) is 18.7. The first kappa shape index (κ1) is 25.1. The maximum absolute atomic E-state index is 12.2. The molecule has 7 nitrogen and oxygen atoms in total. The zero-order valence-electron chi connectivity index (χ0n) is 16.4. The van der Waals surface area contributed by atoms with E-state index in [1.807, 2.05) is 0 Å². The summed E-state index contributed by atoms with van der Waals surface area (Å²) in [7, 11) is 0. The molecule has 0 heterocycles. The van der Waals surface area contributed by atoms with Crippen molar-refractivity contribution in [3.8, 4) is 5.75 Å². The third kappa shape index (κ3) is 10.4. The maximum Gasteiger partial charge on any atom is 0.573 e. The van der Waals surface area contributed by atoms with Gasteiger partial charge in [-0.25, -0.2) is 4.79 Å². The highest BCUT2D eigenvalue weighted by molar-refractivity contribution is 14.0. The van der Waals surface area contributed by atoms with Crippen LogP contribution in [0.2, 0.25) is 0 Å². The number of halogens is 4. The van der Waals surface area contributed by atoms with Crippen molar-refractivity contribution < 1.29 is 27.4 Å². The third-order valence-electron chi connectivity index (χ3n) is 3.71. The molecule has 0 spiro atoms. The average Bonchev–Trinajstić information content (AvgIpc) is 3.35. The van der Waals surface area contributed by atoms with Gasteiger partial charge in [0.05, 0.1) is 12.6 Å². The molecule has 0 bridgehead atoms.